The minimum absolute atomic E-state index is 0.548. The van der Waals surface area contributed by atoms with Gasteiger partial charge in [0.2, 0.25) is 0 Å². The lowest BCUT2D eigenvalue weighted by molar-refractivity contribution is -0.138. The Bertz CT molecular complexity index is 613. The number of fused-ring (bicyclic) bond motifs is 1. The fraction of sp³-hybridized carbons (Fsp3) is 0.400. The number of hydrogen-bond donors (Lipinski definition) is 2. The number of benzene rings is 1. The highest BCUT2D eigenvalue weighted by atomic mass is 16.4. The van der Waals surface area contributed by atoms with E-state index in [1.54, 1.807) is 0 Å². The Morgan fingerprint density at radius 2 is 1.95 bits per heavy atom. The zero-order valence-electron chi connectivity index (χ0n) is 11.8. The summed E-state index contributed by atoms with van der Waals surface area (Å²) < 4.78 is 0. The standard InChI is InChI=1S/C15H19N3O2/c1-3-4-7-13(15(19)20)18-14-10(2)16-11-8-5-6-9-12(11)17-14/h5-6,8-9,13H,3-4,7H2,1-2H3,(H,17,18)(H,19,20)/t13-/m0/s1. The molecule has 0 aliphatic rings. The molecule has 106 valence electrons. The fourth-order valence-electron chi connectivity index (χ4n) is 2.06. The first-order valence-corrected chi connectivity index (χ1v) is 6.84. The predicted octanol–water partition coefficient (Wildman–Crippen LogP) is 2.99. The number of rotatable bonds is 6. The number of nitrogens with zero attached hydrogens (tertiary/aromatic N) is 2. The molecule has 2 rings (SSSR count). The molecule has 1 atom stereocenters. The summed E-state index contributed by atoms with van der Waals surface area (Å²) in [6.07, 6.45) is 2.41. The van der Waals surface area contributed by atoms with Gasteiger partial charge in [-0.15, -0.1) is 0 Å². The topological polar surface area (TPSA) is 75.1 Å². The van der Waals surface area contributed by atoms with Crippen LogP contribution in [0.5, 0.6) is 0 Å². The smallest absolute Gasteiger partial charge is 0.326 e. The van der Waals surface area contributed by atoms with Crippen molar-refractivity contribution in [3.8, 4) is 0 Å². The average Bonchev–Trinajstić information content (AvgIpc) is 2.43. The SMILES string of the molecule is CCCC[C@H](Nc1nc2ccccc2nc1C)C(=O)O. The second-order valence-corrected chi connectivity index (χ2v) is 4.82. The quantitative estimate of drug-likeness (QED) is 0.846. The van der Waals surface area contributed by atoms with E-state index in [2.05, 4.69) is 15.3 Å². The normalized spacial score (nSPS) is 12.3. The second kappa shape index (κ2) is 6.32. The number of aliphatic carboxylic acids is 1. The Hall–Kier alpha value is -2.17. The van der Waals surface area contributed by atoms with Gasteiger partial charge in [-0.2, -0.15) is 0 Å². The van der Waals surface area contributed by atoms with E-state index in [1.165, 1.54) is 0 Å². The lowest BCUT2D eigenvalue weighted by Gasteiger charge is -2.16. The van der Waals surface area contributed by atoms with E-state index in [4.69, 9.17) is 0 Å². The molecule has 0 saturated carbocycles. The minimum atomic E-state index is -0.854. The van der Waals surface area contributed by atoms with Crippen LogP contribution in [0.1, 0.15) is 31.9 Å². The summed E-state index contributed by atoms with van der Waals surface area (Å²) in [7, 11) is 0. The van der Waals surface area contributed by atoms with E-state index in [9.17, 15) is 9.90 Å². The second-order valence-electron chi connectivity index (χ2n) is 4.82. The van der Waals surface area contributed by atoms with Gasteiger partial charge in [-0.25, -0.2) is 14.8 Å². The first-order chi connectivity index (χ1) is 9.61. The largest absolute Gasteiger partial charge is 0.480 e. The molecule has 0 radical (unpaired) electrons. The monoisotopic (exact) mass is 273 g/mol. The number of carboxylic acids is 1. The molecule has 1 aromatic carbocycles. The summed E-state index contributed by atoms with van der Waals surface area (Å²) in [5.74, 6) is -0.306. The van der Waals surface area contributed by atoms with Crippen LogP contribution >= 0.6 is 0 Å². The van der Waals surface area contributed by atoms with Crippen LogP contribution in [0.2, 0.25) is 0 Å². The number of para-hydroxylation sites is 2. The van der Waals surface area contributed by atoms with E-state index in [-0.39, 0.29) is 0 Å². The van der Waals surface area contributed by atoms with Crippen LogP contribution in [-0.2, 0) is 4.79 Å². The van der Waals surface area contributed by atoms with Gasteiger partial charge < -0.3 is 10.4 Å². The zero-order valence-corrected chi connectivity index (χ0v) is 11.8. The van der Waals surface area contributed by atoms with Crippen molar-refractivity contribution in [2.75, 3.05) is 5.32 Å². The molecule has 0 fully saturated rings. The molecule has 1 aromatic heterocycles. The van der Waals surface area contributed by atoms with Crippen LogP contribution in [-0.4, -0.2) is 27.1 Å². The Labute approximate surface area is 118 Å². The molecule has 2 N–H and O–H groups in total. The molecular weight excluding hydrogens is 254 g/mol. The molecular formula is C15H19N3O2. The van der Waals surface area contributed by atoms with Gasteiger partial charge in [0.05, 0.1) is 16.7 Å². The molecule has 0 aliphatic heterocycles. The summed E-state index contributed by atoms with van der Waals surface area (Å²) in [6.45, 7) is 3.88. The molecule has 0 bridgehead atoms. The summed E-state index contributed by atoms with van der Waals surface area (Å²) in [6, 6.07) is 6.94. The Balaban J connectivity index is 2.27. The zero-order chi connectivity index (χ0) is 14.5. The summed E-state index contributed by atoms with van der Waals surface area (Å²) in [5.41, 5.74) is 2.29. The third kappa shape index (κ3) is 3.23. The molecule has 20 heavy (non-hydrogen) atoms. The summed E-state index contributed by atoms with van der Waals surface area (Å²) in [5, 5.41) is 12.3. The highest BCUT2D eigenvalue weighted by Gasteiger charge is 2.18. The van der Waals surface area contributed by atoms with E-state index in [0.717, 1.165) is 23.9 Å². The highest BCUT2D eigenvalue weighted by molar-refractivity contribution is 5.79. The van der Waals surface area contributed by atoms with E-state index in [1.807, 2.05) is 38.1 Å². The highest BCUT2D eigenvalue weighted by Crippen LogP contribution is 2.18. The number of aromatic nitrogens is 2. The maximum atomic E-state index is 11.3. The summed E-state index contributed by atoms with van der Waals surface area (Å²) >= 11 is 0. The number of carbonyl (C=O) groups is 1. The maximum Gasteiger partial charge on any atom is 0.326 e. The van der Waals surface area contributed by atoms with Gasteiger partial charge in [0.25, 0.3) is 0 Å². The first-order valence-electron chi connectivity index (χ1n) is 6.84. The molecule has 5 nitrogen and oxygen atoms in total. The number of aryl methyl sites for hydroxylation is 1. The number of nitrogens with one attached hydrogen (secondary N) is 1. The van der Waals surface area contributed by atoms with Crippen molar-refractivity contribution >= 4 is 22.8 Å². The summed E-state index contributed by atoms with van der Waals surface area (Å²) in [4.78, 5) is 20.2. The molecule has 2 aromatic rings. The molecule has 1 heterocycles. The molecule has 5 heteroatoms. The van der Waals surface area contributed by atoms with Crippen molar-refractivity contribution in [3.63, 3.8) is 0 Å². The van der Waals surface area contributed by atoms with Crippen molar-refractivity contribution in [1.82, 2.24) is 9.97 Å². The van der Waals surface area contributed by atoms with Gasteiger partial charge in [-0.05, 0) is 25.5 Å². The number of anilines is 1. The van der Waals surface area contributed by atoms with Gasteiger partial charge >= 0.3 is 5.97 Å². The van der Waals surface area contributed by atoms with E-state index in [0.29, 0.717) is 17.9 Å². The van der Waals surface area contributed by atoms with Gasteiger partial charge in [-0.1, -0.05) is 31.9 Å². The lowest BCUT2D eigenvalue weighted by atomic mass is 10.1. The molecule has 0 saturated heterocycles. The average molecular weight is 273 g/mol. The molecule has 0 unspecified atom stereocenters. The van der Waals surface area contributed by atoms with Crippen LogP contribution in [0.3, 0.4) is 0 Å². The Kier molecular flexibility index (Phi) is 4.50. The number of hydrogen-bond acceptors (Lipinski definition) is 4. The molecule has 0 spiro atoms. The lowest BCUT2D eigenvalue weighted by Crippen LogP contribution is -2.30. The molecule has 0 aliphatic carbocycles. The van der Waals surface area contributed by atoms with Crippen molar-refractivity contribution in [2.24, 2.45) is 0 Å². The third-order valence-electron chi connectivity index (χ3n) is 3.20. The van der Waals surface area contributed by atoms with Crippen LogP contribution in [0, 0.1) is 6.92 Å². The number of unbranched alkanes of at least 4 members (excludes halogenated alkanes) is 1. The van der Waals surface area contributed by atoms with Gasteiger partial charge in [0, 0.05) is 0 Å². The fourth-order valence-corrected chi connectivity index (χ4v) is 2.06. The van der Waals surface area contributed by atoms with Gasteiger partial charge in [-0.3, -0.25) is 0 Å². The van der Waals surface area contributed by atoms with Gasteiger partial charge in [0.1, 0.15) is 11.9 Å². The molecule has 0 amide bonds. The minimum Gasteiger partial charge on any atom is -0.480 e. The van der Waals surface area contributed by atoms with Crippen LogP contribution < -0.4 is 5.32 Å². The van der Waals surface area contributed by atoms with Crippen LogP contribution in [0.15, 0.2) is 24.3 Å². The van der Waals surface area contributed by atoms with E-state index >= 15 is 0 Å². The maximum absolute atomic E-state index is 11.3. The third-order valence-corrected chi connectivity index (χ3v) is 3.20. The van der Waals surface area contributed by atoms with Crippen LogP contribution in [0.25, 0.3) is 11.0 Å². The van der Waals surface area contributed by atoms with E-state index < -0.39 is 12.0 Å². The number of carboxylic acid groups (broad SMARTS) is 1. The van der Waals surface area contributed by atoms with Crippen molar-refractivity contribution in [2.45, 2.75) is 39.2 Å². The Morgan fingerprint density at radius 3 is 2.55 bits per heavy atom. The van der Waals surface area contributed by atoms with Crippen molar-refractivity contribution in [1.29, 1.82) is 0 Å². The van der Waals surface area contributed by atoms with Gasteiger partial charge in [0.15, 0.2) is 0 Å². The van der Waals surface area contributed by atoms with Crippen molar-refractivity contribution in [3.05, 3.63) is 30.0 Å². The van der Waals surface area contributed by atoms with Crippen molar-refractivity contribution < 1.29 is 9.90 Å². The van der Waals surface area contributed by atoms with Crippen LogP contribution in [0.4, 0.5) is 5.82 Å². The predicted molar refractivity (Wildman–Crippen MR) is 78.8 cm³/mol. The first kappa shape index (κ1) is 14.2. The Morgan fingerprint density at radius 1 is 1.30 bits per heavy atom.